The van der Waals surface area contributed by atoms with E-state index in [1.165, 1.54) is 0 Å². The predicted molar refractivity (Wildman–Crippen MR) is 88.4 cm³/mol. The first kappa shape index (κ1) is 14.8. The van der Waals surface area contributed by atoms with Crippen molar-refractivity contribution >= 4 is 12.3 Å². The van der Waals surface area contributed by atoms with Gasteiger partial charge in [0.2, 0.25) is 0 Å². The normalized spacial score (nSPS) is 15.6. The molecule has 0 amide bonds. The van der Waals surface area contributed by atoms with Crippen LogP contribution in [0.25, 0.3) is 0 Å². The Labute approximate surface area is 123 Å². The van der Waals surface area contributed by atoms with Gasteiger partial charge in [0.25, 0.3) is 0 Å². The fourth-order valence-electron chi connectivity index (χ4n) is 2.87. The van der Waals surface area contributed by atoms with Gasteiger partial charge >= 0.3 is 0 Å². The third-order valence-corrected chi connectivity index (χ3v) is 3.66. The molecular formula is C17H24BN2-. The molecular weight excluding hydrogens is 243 g/mol. The highest BCUT2D eigenvalue weighted by atomic mass is 15.1. The van der Waals surface area contributed by atoms with Crippen LogP contribution in [0, 0.1) is 0 Å². The Morgan fingerprint density at radius 2 is 1.50 bits per heavy atom. The summed E-state index contributed by atoms with van der Waals surface area (Å²) in [7, 11) is 0. The molecule has 0 heterocycles. The minimum atomic E-state index is 0.160. The largest absolute Gasteiger partial charge is 0.564 e. The van der Waals surface area contributed by atoms with Crippen LogP contribution >= 0.6 is 0 Å². The molecule has 0 bridgehead atoms. The molecule has 1 aromatic rings. The van der Waals surface area contributed by atoms with E-state index in [9.17, 15) is 0 Å². The number of allylic oxidation sites excluding steroid dienone is 4. The van der Waals surface area contributed by atoms with E-state index in [1.807, 2.05) is 18.2 Å². The van der Waals surface area contributed by atoms with Crippen LogP contribution in [0.4, 0.5) is 5.69 Å². The Hall–Kier alpha value is -1.64. The van der Waals surface area contributed by atoms with E-state index < -0.39 is 0 Å². The standard InChI is InChI=1S/C17H24BN2/c1-14(2)20(15(3)4)18(16-10-8-9-11-16)19-17-12-6-5-7-13-17/h5-16H,1-4H3/q-1. The highest BCUT2D eigenvalue weighted by Crippen LogP contribution is 2.25. The zero-order valence-electron chi connectivity index (χ0n) is 12.9. The second kappa shape index (κ2) is 6.69. The van der Waals surface area contributed by atoms with Crippen molar-refractivity contribution in [2.24, 2.45) is 4.90 Å². The number of hydrogen-bond acceptors (Lipinski definition) is 1. The SMILES string of the molecule is CC(C)N([B-](=Nc1ccccc1)C1C=CC=C1)C(C)C. The van der Waals surface area contributed by atoms with Gasteiger partial charge in [0.15, 0.2) is 0 Å². The summed E-state index contributed by atoms with van der Waals surface area (Å²) in [4.78, 5) is 7.49. The molecule has 1 aromatic carbocycles. The quantitative estimate of drug-likeness (QED) is 0.706. The van der Waals surface area contributed by atoms with E-state index in [2.05, 4.69) is 68.9 Å². The Kier molecular flexibility index (Phi) is 4.94. The molecule has 0 aliphatic heterocycles. The van der Waals surface area contributed by atoms with Crippen molar-refractivity contribution in [1.29, 1.82) is 0 Å². The van der Waals surface area contributed by atoms with Crippen molar-refractivity contribution in [3.05, 3.63) is 54.6 Å². The summed E-state index contributed by atoms with van der Waals surface area (Å²) in [6.07, 6.45) is 8.73. The predicted octanol–water partition coefficient (Wildman–Crippen LogP) is 4.69. The summed E-state index contributed by atoms with van der Waals surface area (Å²) in [5.74, 6) is 0.361. The van der Waals surface area contributed by atoms with Crippen LogP contribution in [0.5, 0.6) is 0 Å². The lowest BCUT2D eigenvalue weighted by Crippen LogP contribution is -2.45. The average Bonchev–Trinajstić information content (AvgIpc) is 2.92. The van der Waals surface area contributed by atoms with E-state index in [0.29, 0.717) is 17.9 Å². The van der Waals surface area contributed by atoms with E-state index in [0.717, 1.165) is 5.69 Å². The van der Waals surface area contributed by atoms with Crippen LogP contribution in [-0.4, -0.2) is 23.5 Å². The van der Waals surface area contributed by atoms with Gasteiger partial charge < -0.3 is 9.71 Å². The first-order chi connectivity index (χ1) is 9.59. The smallest absolute Gasteiger partial charge is 0.0629 e. The first-order valence-electron chi connectivity index (χ1n) is 7.48. The molecule has 3 heteroatoms. The minimum absolute atomic E-state index is 0.160. The van der Waals surface area contributed by atoms with Crippen molar-refractivity contribution in [3.8, 4) is 0 Å². The lowest BCUT2D eigenvalue weighted by atomic mass is 9.66. The summed E-state index contributed by atoms with van der Waals surface area (Å²) < 4.78 is 0. The zero-order chi connectivity index (χ0) is 14.5. The molecule has 0 radical (unpaired) electrons. The maximum Gasteiger partial charge on any atom is 0.0629 e. The molecule has 0 N–H and O–H groups in total. The lowest BCUT2D eigenvalue weighted by Gasteiger charge is -2.47. The van der Waals surface area contributed by atoms with Gasteiger partial charge in [-0.25, -0.2) is 0 Å². The topological polar surface area (TPSA) is 15.6 Å². The third-order valence-electron chi connectivity index (χ3n) is 3.66. The van der Waals surface area contributed by atoms with Gasteiger partial charge in [-0.1, -0.05) is 30.4 Å². The molecule has 0 atom stereocenters. The van der Waals surface area contributed by atoms with E-state index >= 15 is 0 Å². The molecule has 0 spiro atoms. The van der Waals surface area contributed by atoms with E-state index in [1.54, 1.807) is 0 Å². The van der Waals surface area contributed by atoms with Gasteiger partial charge in [-0.05, 0) is 51.9 Å². The highest BCUT2D eigenvalue weighted by molar-refractivity contribution is 6.48. The van der Waals surface area contributed by atoms with Gasteiger partial charge in [-0.3, -0.25) is 0 Å². The molecule has 0 unspecified atom stereocenters. The van der Waals surface area contributed by atoms with Crippen LogP contribution in [-0.2, 0) is 0 Å². The van der Waals surface area contributed by atoms with Gasteiger partial charge in [0.1, 0.15) is 0 Å². The maximum atomic E-state index is 5.01. The molecule has 2 rings (SSSR count). The molecule has 0 aromatic heterocycles. The van der Waals surface area contributed by atoms with Gasteiger partial charge in [-0.2, -0.15) is 0 Å². The second-order valence-corrected chi connectivity index (χ2v) is 5.86. The van der Waals surface area contributed by atoms with Crippen molar-refractivity contribution in [1.82, 2.24) is 4.81 Å². The maximum absolute atomic E-state index is 5.01. The Balaban J connectivity index is 2.41. The molecule has 2 nitrogen and oxygen atoms in total. The Morgan fingerprint density at radius 3 is 2.00 bits per heavy atom. The van der Waals surface area contributed by atoms with Crippen LogP contribution in [0.2, 0.25) is 5.82 Å². The molecule has 0 saturated heterocycles. The number of rotatable bonds is 5. The van der Waals surface area contributed by atoms with Crippen molar-refractivity contribution in [2.45, 2.75) is 45.6 Å². The monoisotopic (exact) mass is 267 g/mol. The van der Waals surface area contributed by atoms with Gasteiger partial charge in [0.05, 0.1) is 6.64 Å². The van der Waals surface area contributed by atoms with Gasteiger partial charge in [-0.15, -0.1) is 18.0 Å². The van der Waals surface area contributed by atoms with E-state index in [-0.39, 0.29) is 6.64 Å². The van der Waals surface area contributed by atoms with Crippen molar-refractivity contribution in [3.63, 3.8) is 0 Å². The van der Waals surface area contributed by atoms with Crippen molar-refractivity contribution < 1.29 is 0 Å². The molecule has 0 saturated carbocycles. The summed E-state index contributed by atoms with van der Waals surface area (Å²) in [5, 5.41) is 0. The zero-order valence-corrected chi connectivity index (χ0v) is 12.9. The van der Waals surface area contributed by atoms with Crippen molar-refractivity contribution in [2.75, 3.05) is 0 Å². The van der Waals surface area contributed by atoms with E-state index in [4.69, 9.17) is 4.90 Å². The van der Waals surface area contributed by atoms with Crippen LogP contribution < -0.4 is 0 Å². The van der Waals surface area contributed by atoms with Crippen LogP contribution in [0.15, 0.2) is 59.5 Å². The fraction of sp³-hybridized carbons (Fsp3) is 0.412. The third kappa shape index (κ3) is 3.47. The lowest BCUT2D eigenvalue weighted by molar-refractivity contribution is 0.305. The highest BCUT2D eigenvalue weighted by Gasteiger charge is 2.14. The van der Waals surface area contributed by atoms with Crippen LogP contribution in [0.1, 0.15) is 27.7 Å². The number of nitrogens with zero attached hydrogens (tertiary/aromatic N) is 2. The van der Waals surface area contributed by atoms with Crippen LogP contribution in [0.3, 0.4) is 0 Å². The molecule has 106 valence electrons. The average molecular weight is 267 g/mol. The summed E-state index contributed by atoms with van der Waals surface area (Å²) in [6, 6.07) is 11.2. The Morgan fingerprint density at radius 1 is 0.950 bits per heavy atom. The summed E-state index contributed by atoms with van der Waals surface area (Å²) >= 11 is 0. The molecule has 20 heavy (non-hydrogen) atoms. The number of benzene rings is 1. The molecule has 0 fully saturated rings. The Bertz CT molecular complexity index is 495. The molecule has 1 aliphatic carbocycles. The second-order valence-electron chi connectivity index (χ2n) is 5.86. The molecule has 1 aliphatic rings. The summed E-state index contributed by atoms with van der Waals surface area (Å²) in [5.41, 5.74) is 1.05. The first-order valence-corrected chi connectivity index (χ1v) is 7.48. The fourth-order valence-corrected chi connectivity index (χ4v) is 2.87. The minimum Gasteiger partial charge on any atom is -0.564 e. The van der Waals surface area contributed by atoms with Gasteiger partial charge in [0, 0.05) is 5.69 Å². The number of hydrogen-bond donors (Lipinski definition) is 0. The summed E-state index contributed by atoms with van der Waals surface area (Å²) in [6.45, 7) is 9.14.